The largest absolute Gasteiger partial charge is 0.490 e. The predicted molar refractivity (Wildman–Crippen MR) is 175 cm³/mol. The number of ether oxygens (including phenoxy) is 1. The number of anilines is 1. The first kappa shape index (κ1) is 31.4. The number of aliphatic hydroxyl groups is 1. The molecular formula is C35H45ClN2O5S. The van der Waals surface area contributed by atoms with Crippen LogP contribution in [0, 0.1) is 17.8 Å². The number of amides is 1. The van der Waals surface area contributed by atoms with Gasteiger partial charge in [0.15, 0.2) is 0 Å². The molecule has 6 atom stereocenters. The number of carbonyl (C=O) groups excluding carboxylic acids is 1. The average molecular weight is 641 g/mol. The van der Waals surface area contributed by atoms with Gasteiger partial charge in [0.25, 0.3) is 5.91 Å². The number of unbranched alkanes of at least 4 members (excludes halogenated alkanes) is 1. The van der Waals surface area contributed by atoms with Gasteiger partial charge in [-0.3, -0.25) is 4.79 Å². The van der Waals surface area contributed by atoms with Gasteiger partial charge in [-0.15, -0.1) is 0 Å². The second kappa shape index (κ2) is 12.7. The van der Waals surface area contributed by atoms with Gasteiger partial charge in [-0.1, -0.05) is 56.5 Å². The van der Waals surface area contributed by atoms with Gasteiger partial charge in [0, 0.05) is 29.1 Å². The molecule has 4 aliphatic rings. The third kappa shape index (κ3) is 6.14. The number of halogens is 1. The summed E-state index contributed by atoms with van der Waals surface area (Å²) in [6, 6.07) is 11.5. The van der Waals surface area contributed by atoms with Crippen molar-refractivity contribution in [2.75, 3.05) is 24.6 Å². The van der Waals surface area contributed by atoms with Crippen molar-refractivity contribution >= 4 is 33.2 Å². The van der Waals surface area contributed by atoms with E-state index in [1.165, 1.54) is 11.1 Å². The molecule has 0 saturated heterocycles. The minimum atomic E-state index is -3.94. The summed E-state index contributed by atoms with van der Waals surface area (Å²) in [4.78, 5) is 15.9. The SMILES string of the molecule is CCCC[C@@H]1[C@H](C)C/C=C\[C@@H](O)[C@@H]2CC[C@H]2CN2C[C@@]3(CCCc4cc(Cl)ccc43)COc3ccc(cc32)C(=O)NS1(=O)=O. The number of carbonyl (C=O) groups is 1. The lowest BCUT2D eigenvalue weighted by molar-refractivity contribution is 0.0455. The summed E-state index contributed by atoms with van der Waals surface area (Å²) in [5, 5.41) is 11.3. The molecule has 7 nitrogen and oxygen atoms in total. The van der Waals surface area contributed by atoms with Gasteiger partial charge < -0.3 is 14.7 Å². The molecule has 2 aromatic rings. The Labute approximate surface area is 267 Å². The maximum absolute atomic E-state index is 13.6. The van der Waals surface area contributed by atoms with Gasteiger partial charge in [0.05, 0.1) is 23.6 Å². The lowest BCUT2D eigenvalue weighted by Gasteiger charge is -2.45. The number of nitrogens with zero attached hydrogens (tertiary/aromatic N) is 1. The topological polar surface area (TPSA) is 95.9 Å². The first-order chi connectivity index (χ1) is 21.1. The van der Waals surface area contributed by atoms with E-state index in [0.717, 1.165) is 62.2 Å². The number of aliphatic hydroxyl groups excluding tert-OH is 1. The van der Waals surface area contributed by atoms with Crippen LogP contribution >= 0.6 is 11.6 Å². The Morgan fingerprint density at radius 1 is 1.18 bits per heavy atom. The number of fused-ring (bicyclic) bond motifs is 4. The molecule has 0 radical (unpaired) electrons. The molecular weight excluding hydrogens is 596 g/mol. The zero-order valence-electron chi connectivity index (χ0n) is 25.8. The molecule has 6 rings (SSSR count). The minimum Gasteiger partial charge on any atom is -0.490 e. The summed E-state index contributed by atoms with van der Waals surface area (Å²) in [6.07, 6.45) is 10.8. The second-order valence-corrected chi connectivity index (χ2v) is 15.9. The van der Waals surface area contributed by atoms with E-state index in [1.807, 2.05) is 38.1 Å². The van der Waals surface area contributed by atoms with Crippen molar-refractivity contribution in [3.63, 3.8) is 0 Å². The Morgan fingerprint density at radius 3 is 2.80 bits per heavy atom. The van der Waals surface area contributed by atoms with E-state index in [2.05, 4.69) is 21.8 Å². The number of nitrogens with one attached hydrogen (secondary N) is 1. The third-order valence-electron chi connectivity index (χ3n) is 10.6. The number of benzene rings is 2. The zero-order valence-corrected chi connectivity index (χ0v) is 27.4. The van der Waals surface area contributed by atoms with Crippen LogP contribution in [0.2, 0.25) is 5.02 Å². The van der Waals surface area contributed by atoms with Gasteiger partial charge in [-0.2, -0.15) is 0 Å². The molecule has 2 N–H and O–H groups in total. The monoisotopic (exact) mass is 640 g/mol. The molecule has 44 heavy (non-hydrogen) atoms. The van der Waals surface area contributed by atoms with Gasteiger partial charge in [0.1, 0.15) is 5.75 Å². The van der Waals surface area contributed by atoms with Crippen LogP contribution < -0.4 is 14.4 Å². The molecule has 2 bridgehead atoms. The van der Waals surface area contributed by atoms with Crippen LogP contribution in [0.1, 0.15) is 86.7 Å². The Balaban J connectivity index is 1.41. The fourth-order valence-corrected chi connectivity index (χ4v) is 9.87. The third-order valence-corrected chi connectivity index (χ3v) is 12.8. The summed E-state index contributed by atoms with van der Waals surface area (Å²) in [6.45, 7) is 5.87. The summed E-state index contributed by atoms with van der Waals surface area (Å²) < 4.78 is 36.2. The van der Waals surface area contributed by atoms with Crippen molar-refractivity contribution in [3.05, 3.63) is 70.3 Å². The molecule has 2 aromatic carbocycles. The van der Waals surface area contributed by atoms with Crippen molar-refractivity contribution in [2.24, 2.45) is 17.8 Å². The van der Waals surface area contributed by atoms with Gasteiger partial charge in [-0.25, -0.2) is 13.1 Å². The van der Waals surface area contributed by atoms with Gasteiger partial charge in [0.2, 0.25) is 10.0 Å². The maximum atomic E-state index is 13.6. The first-order valence-corrected chi connectivity index (χ1v) is 18.2. The minimum absolute atomic E-state index is 0.126. The average Bonchev–Trinajstić information content (AvgIpc) is 3.11. The van der Waals surface area contributed by atoms with Gasteiger partial charge in [-0.05, 0) is 104 Å². The van der Waals surface area contributed by atoms with E-state index in [9.17, 15) is 18.3 Å². The lowest BCUT2D eigenvalue weighted by atomic mass is 9.68. The van der Waals surface area contributed by atoms with Crippen molar-refractivity contribution < 1.29 is 23.1 Å². The van der Waals surface area contributed by atoms with E-state index in [1.54, 1.807) is 12.1 Å². The molecule has 0 unspecified atom stereocenters. The van der Waals surface area contributed by atoms with Crippen LogP contribution in [0.3, 0.4) is 0 Å². The normalized spacial score (nSPS) is 32.3. The lowest BCUT2D eigenvalue weighted by Crippen LogP contribution is -2.49. The second-order valence-electron chi connectivity index (χ2n) is 13.6. The molecule has 2 aliphatic heterocycles. The van der Waals surface area contributed by atoms with Crippen molar-refractivity contribution in [3.8, 4) is 5.75 Å². The highest BCUT2D eigenvalue weighted by Crippen LogP contribution is 2.46. The number of hydrogen-bond donors (Lipinski definition) is 2. The quantitative estimate of drug-likeness (QED) is 0.376. The van der Waals surface area contributed by atoms with Crippen molar-refractivity contribution in [1.29, 1.82) is 0 Å². The van der Waals surface area contributed by atoms with Crippen LogP contribution in [0.4, 0.5) is 5.69 Å². The molecule has 1 amide bonds. The fraction of sp³-hybridized carbons (Fsp3) is 0.571. The van der Waals surface area contributed by atoms with E-state index >= 15 is 0 Å². The van der Waals surface area contributed by atoms with Crippen LogP contribution in [0.25, 0.3) is 0 Å². The Kier molecular flexibility index (Phi) is 9.06. The Hall–Kier alpha value is -2.55. The molecule has 2 aliphatic carbocycles. The van der Waals surface area contributed by atoms with Crippen molar-refractivity contribution in [1.82, 2.24) is 4.72 Å². The van der Waals surface area contributed by atoms with Crippen LogP contribution in [0.5, 0.6) is 5.75 Å². The molecule has 0 aromatic heterocycles. The van der Waals surface area contributed by atoms with E-state index in [0.29, 0.717) is 37.3 Å². The number of hydrogen-bond acceptors (Lipinski definition) is 6. The number of rotatable bonds is 3. The summed E-state index contributed by atoms with van der Waals surface area (Å²) in [5.41, 5.74) is 3.35. The number of sulfonamides is 1. The van der Waals surface area contributed by atoms with E-state index < -0.39 is 27.3 Å². The summed E-state index contributed by atoms with van der Waals surface area (Å²) >= 11 is 6.40. The van der Waals surface area contributed by atoms with Crippen LogP contribution in [-0.2, 0) is 21.9 Å². The summed E-state index contributed by atoms with van der Waals surface area (Å²) in [7, 11) is -3.94. The zero-order chi connectivity index (χ0) is 31.1. The first-order valence-electron chi connectivity index (χ1n) is 16.3. The van der Waals surface area contributed by atoms with E-state index in [4.69, 9.17) is 16.3 Å². The highest BCUT2D eigenvalue weighted by Gasteiger charge is 2.44. The molecule has 9 heteroatoms. The molecule has 1 spiro atoms. The maximum Gasteiger partial charge on any atom is 0.264 e. The number of aryl methyl sites for hydroxylation is 1. The van der Waals surface area contributed by atoms with Crippen LogP contribution in [-0.4, -0.2) is 50.5 Å². The number of allylic oxidation sites excluding steroid dienone is 1. The summed E-state index contributed by atoms with van der Waals surface area (Å²) in [5.74, 6) is 0.278. The van der Waals surface area contributed by atoms with Gasteiger partial charge >= 0.3 is 0 Å². The highest BCUT2D eigenvalue weighted by atomic mass is 35.5. The van der Waals surface area contributed by atoms with Crippen molar-refractivity contribution in [2.45, 2.75) is 88.4 Å². The highest BCUT2D eigenvalue weighted by molar-refractivity contribution is 7.90. The van der Waals surface area contributed by atoms with Crippen LogP contribution in [0.15, 0.2) is 48.6 Å². The molecule has 1 saturated carbocycles. The Bertz CT molecular complexity index is 1530. The standard InChI is InChI=1S/C35H45ClN2O5S/c1-3-4-10-33-23(2)7-5-9-31(39)28-14-11-26(28)20-38-21-35(17-6-8-24-18-27(36)13-15-29(24)35)22-43-32-16-12-25(19-30(32)38)34(40)37-44(33,41)42/h5,9,12-13,15-16,18-19,23,26,28,31,33,39H,3-4,6-8,10-11,14,17,20-22H2,1-2H3,(H,37,40)/b9-5-/t23-,26+,28-,31-,33-,35+/m1/s1. The molecule has 2 heterocycles. The smallest absolute Gasteiger partial charge is 0.264 e. The molecule has 1 fully saturated rings. The Morgan fingerprint density at radius 2 is 2.02 bits per heavy atom. The predicted octanol–water partition coefficient (Wildman–Crippen LogP) is 6.41. The molecule has 238 valence electrons. The van der Waals surface area contributed by atoms with E-state index in [-0.39, 0.29) is 23.2 Å². The fourth-order valence-electron chi connectivity index (χ4n) is 7.95.